The quantitative estimate of drug-likeness (QED) is 0.847. The van der Waals surface area contributed by atoms with E-state index in [-0.39, 0.29) is 11.5 Å². The van der Waals surface area contributed by atoms with Gasteiger partial charge in [0.25, 0.3) is 0 Å². The summed E-state index contributed by atoms with van der Waals surface area (Å²) in [7, 11) is 0. The van der Waals surface area contributed by atoms with Gasteiger partial charge in [0.05, 0.1) is 6.04 Å². The van der Waals surface area contributed by atoms with E-state index in [0.29, 0.717) is 5.91 Å². The van der Waals surface area contributed by atoms with Crippen LogP contribution in [0.2, 0.25) is 0 Å². The van der Waals surface area contributed by atoms with Crippen molar-refractivity contribution in [3.8, 4) is 0 Å². The second-order valence-corrected chi connectivity index (χ2v) is 7.73. The van der Waals surface area contributed by atoms with E-state index in [1.54, 1.807) is 0 Å². The van der Waals surface area contributed by atoms with Crippen molar-refractivity contribution < 1.29 is 4.79 Å². The standard InChI is InChI=1S/C18H35N3O/c1-5-20(6-2)14-15-8-12-21(13-9-15)17(22)16-18(3,4)10-7-11-19-16/h15-16,19H,5-14H2,1-4H3. The van der Waals surface area contributed by atoms with Crippen LogP contribution in [-0.2, 0) is 4.79 Å². The number of rotatable bonds is 5. The zero-order valence-corrected chi connectivity index (χ0v) is 15.0. The van der Waals surface area contributed by atoms with Gasteiger partial charge in [0.15, 0.2) is 0 Å². The van der Waals surface area contributed by atoms with E-state index in [9.17, 15) is 4.79 Å². The van der Waals surface area contributed by atoms with Crippen LogP contribution < -0.4 is 5.32 Å². The van der Waals surface area contributed by atoms with Crippen LogP contribution in [0.5, 0.6) is 0 Å². The van der Waals surface area contributed by atoms with E-state index in [1.807, 2.05) is 0 Å². The number of amides is 1. The smallest absolute Gasteiger partial charge is 0.240 e. The molecule has 4 heteroatoms. The maximum Gasteiger partial charge on any atom is 0.240 e. The van der Waals surface area contributed by atoms with Crippen molar-refractivity contribution in [1.82, 2.24) is 15.1 Å². The molecule has 2 heterocycles. The molecule has 0 aromatic carbocycles. The largest absolute Gasteiger partial charge is 0.341 e. The first-order chi connectivity index (χ1) is 10.5. The summed E-state index contributed by atoms with van der Waals surface area (Å²) in [6, 6.07) is 0.0144. The molecule has 0 radical (unpaired) electrons. The Morgan fingerprint density at radius 3 is 2.41 bits per heavy atom. The molecule has 1 atom stereocenters. The molecule has 2 fully saturated rings. The fourth-order valence-electron chi connectivity index (χ4n) is 4.00. The van der Waals surface area contributed by atoms with Crippen molar-refractivity contribution in [2.24, 2.45) is 11.3 Å². The molecule has 1 unspecified atom stereocenters. The van der Waals surface area contributed by atoms with Crippen LogP contribution >= 0.6 is 0 Å². The van der Waals surface area contributed by atoms with E-state index in [0.717, 1.165) is 57.9 Å². The minimum absolute atomic E-state index is 0.0144. The summed E-state index contributed by atoms with van der Waals surface area (Å²) >= 11 is 0. The Labute approximate surface area is 136 Å². The monoisotopic (exact) mass is 309 g/mol. The Hall–Kier alpha value is -0.610. The molecule has 4 nitrogen and oxygen atoms in total. The first-order valence-corrected chi connectivity index (χ1v) is 9.22. The Kier molecular flexibility index (Phi) is 6.27. The van der Waals surface area contributed by atoms with Gasteiger partial charge in [-0.25, -0.2) is 0 Å². The van der Waals surface area contributed by atoms with Crippen molar-refractivity contribution in [3.05, 3.63) is 0 Å². The molecule has 2 aliphatic rings. The van der Waals surface area contributed by atoms with Gasteiger partial charge in [-0.3, -0.25) is 4.79 Å². The van der Waals surface area contributed by atoms with E-state index >= 15 is 0 Å². The van der Waals surface area contributed by atoms with E-state index in [1.165, 1.54) is 13.0 Å². The lowest BCUT2D eigenvalue weighted by molar-refractivity contribution is -0.138. The summed E-state index contributed by atoms with van der Waals surface area (Å²) in [4.78, 5) is 17.5. The summed E-state index contributed by atoms with van der Waals surface area (Å²) in [5.74, 6) is 1.10. The van der Waals surface area contributed by atoms with Gasteiger partial charge in [-0.15, -0.1) is 0 Å². The van der Waals surface area contributed by atoms with Crippen LogP contribution in [0.4, 0.5) is 0 Å². The predicted octanol–water partition coefficient (Wildman–Crippen LogP) is 2.34. The van der Waals surface area contributed by atoms with E-state index in [4.69, 9.17) is 0 Å². The van der Waals surface area contributed by atoms with Crippen LogP contribution in [0.3, 0.4) is 0 Å². The highest BCUT2D eigenvalue weighted by atomic mass is 16.2. The van der Waals surface area contributed by atoms with Crippen molar-refractivity contribution in [2.75, 3.05) is 39.3 Å². The molecule has 2 aliphatic heterocycles. The minimum Gasteiger partial charge on any atom is -0.341 e. The molecule has 1 amide bonds. The maximum absolute atomic E-state index is 12.9. The first kappa shape index (κ1) is 17.7. The third kappa shape index (κ3) is 4.23. The highest BCUT2D eigenvalue weighted by Gasteiger charge is 2.39. The molecular weight excluding hydrogens is 274 g/mol. The summed E-state index contributed by atoms with van der Waals surface area (Å²) < 4.78 is 0. The normalized spacial score (nSPS) is 26.4. The fourth-order valence-corrected chi connectivity index (χ4v) is 4.00. The molecule has 0 aliphatic carbocycles. The van der Waals surface area contributed by atoms with Crippen LogP contribution in [-0.4, -0.2) is 61.0 Å². The highest BCUT2D eigenvalue weighted by Crippen LogP contribution is 2.32. The Morgan fingerprint density at radius 2 is 1.86 bits per heavy atom. The summed E-state index contributed by atoms with van der Waals surface area (Å²) in [6.45, 7) is 15.3. The minimum atomic E-state index is 0.0144. The lowest BCUT2D eigenvalue weighted by atomic mass is 9.76. The predicted molar refractivity (Wildman–Crippen MR) is 91.9 cm³/mol. The van der Waals surface area contributed by atoms with Crippen molar-refractivity contribution in [3.63, 3.8) is 0 Å². The molecule has 2 rings (SSSR count). The lowest BCUT2D eigenvalue weighted by Crippen LogP contribution is -2.57. The van der Waals surface area contributed by atoms with Gasteiger partial charge in [-0.2, -0.15) is 0 Å². The molecule has 22 heavy (non-hydrogen) atoms. The van der Waals surface area contributed by atoms with Crippen molar-refractivity contribution in [2.45, 2.75) is 59.4 Å². The number of carbonyl (C=O) groups excluding carboxylic acids is 1. The lowest BCUT2D eigenvalue weighted by Gasteiger charge is -2.42. The second-order valence-electron chi connectivity index (χ2n) is 7.73. The Bertz CT molecular complexity index is 357. The van der Waals surface area contributed by atoms with Gasteiger partial charge in [-0.05, 0) is 56.7 Å². The zero-order valence-electron chi connectivity index (χ0n) is 15.0. The first-order valence-electron chi connectivity index (χ1n) is 9.22. The number of carbonyl (C=O) groups is 1. The number of nitrogens with one attached hydrogen (secondary N) is 1. The van der Waals surface area contributed by atoms with Crippen LogP contribution in [0.1, 0.15) is 53.4 Å². The van der Waals surface area contributed by atoms with Crippen molar-refractivity contribution in [1.29, 1.82) is 0 Å². The second kappa shape index (κ2) is 7.78. The van der Waals surface area contributed by atoms with Crippen molar-refractivity contribution >= 4 is 5.91 Å². The molecule has 0 aromatic heterocycles. The van der Waals surface area contributed by atoms with Gasteiger partial charge < -0.3 is 15.1 Å². The SMILES string of the molecule is CCN(CC)CC1CCN(C(=O)C2NCCCC2(C)C)CC1. The van der Waals surface area contributed by atoms with Gasteiger partial charge >= 0.3 is 0 Å². The van der Waals surface area contributed by atoms with Gasteiger partial charge in [-0.1, -0.05) is 27.7 Å². The molecular formula is C18H35N3O. The molecule has 1 N–H and O–H groups in total. The average Bonchev–Trinajstić information content (AvgIpc) is 2.52. The number of piperidine rings is 2. The number of nitrogens with zero attached hydrogens (tertiary/aromatic N) is 2. The number of likely N-dealkylation sites (tertiary alicyclic amines) is 1. The van der Waals surface area contributed by atoms with E-state index < -0.39 is 0 Å². The molecule has 0 aromatic rings. The maximum atomic E-state index is 12.9. The van der Waals surface area contributed by atoms with Gasteiger partial charge in [0, 0.05) is 19.6 Å². The molecule has 2 saturated heterocycles. The van der Waals surface area contributed by atoms with Crippen LogP contribution in [0.15, 0.2) is 0 Å². The molecule has 0 spiro atoms. The van der Waals surface area contributed by atoms with E-state index in [2.05, 4.69) is 42.8 Å². The molecule has 128 valence electrons. The van der Waals surface area contributed by atoms with Gasteiger partial charge in [0.1, 0.15) is 0 Å². The number of hydrogen-bond donors (Lipinski definition) is 1. The van der Waals surface area contributed by atoms with Crippen LogP contribution in [0, 0.1) is 11.3 Å². The third-order valence-electron chi connectivity index (χ3n) is 5.71. The van der Waals surface area contributed by atoms with Crippen LogP contribution in [0.25, 0.3) is 0 Å². The summed E-state index contributed by atoms with van der Waals surface area (Å²) in [5.41, 5.74) is 0.0907. The molecule has 0 bridgehead atoms. The highest BCUT2D eigenvalue weighted by molar-refractivity contribution is 5.83. The summed E-state index contributed by atoms with van der Waals surface area (Å²) in [6.07, 6.45) is 4.66. The topological polar surface area (TPSA) is 35.6 Å². The third-order valence-corrected chi connectivity index (χ3v) is 5.71. The zero-order chi connectivity index (χ0) is 16.2. The Balaban J connectivity index is 1.84. The number of hydrogen-bond acceptors (Lipinski definition) is 3. The van der Waals surface area contributed by atoms with Gasteiger partial charge in [0.2, 0.25) is 5.91 Å². The summed E-state index contributed by atoms with van der Waals surface area (Å²) in [5, 5.41) is 3.47. The average molecular weight is 309 g/mol. The molecule has 0 saturated carbocycles. The Morgan fingerprint density at radius 1 is 1.23 bits per heavy atom. The fraction of sp³-hybridized carbons (Fsp3) is 0.944.